The maximum atomic E-state index is 12.7. The first-order valence-corrected chi connectivity index (χ1v) is 7.70. The summed E-state index contributed by atoms with van der Waals surface area (Å²) in [7, 11) is 2.14. The minimum atomic E-state index is 0.187. The van der Waals surface area contributed by atoms with Gasteiger partial charge in [0.1, 0.15) is 0 Å². The van der Waals surface area contributed by atoms with Crippen LogP contribution in [0.15, 0.2) is 10.9 Å². The normalized spacial score (nSPS) is 15.7. The Morgan fingerprint density at radius 1 is 1.40 bits per heavy atom. The largest absolute Gasteiger partial charge is 0.312 e. The van der Waals surface area contributed by atoms with E-state index >= 15 is 0 Å². The fraction of sp³-hybridized carbons (Fsp3) is 0.688. The van der Waals surface area contributed by atoms with Crippen LogP contribution in [-0.2, 0) is 19.5 Å². The Bertz CT molecular complexity index is 519. The highest BCUT2D eigenvalue weighted by Gasteiger charge is 2.21. The van der Waals surface area contributed by atoms with Crippen LogP contribution < -0.4 is 10.9 Å². The van der Waals surface area contributed by atoms with Crippen molar-refractivity contribution in [2.45, 2.75) is 52.7 Å². The second kappa shape index (κ2) is 6.55. The number of hydrogen-bond acceptors (Lipinski definition) is 3. The van der Waals surface area contributed by atoms with Gasteiger partial charge in [-0.1, -0.05) is 6.92 Å². The Kier molecular flexibility index (Phi) is 5.00. The molecule has 0 aliphatic carbocycles. The Labute approximate surface area is 121 Å². The van der Waals surface area contributed by atoms with Crippen LogP contribution in [0.2, 0.25) is 0 Å². The quantitative estimate of drug-likeness (QED) is 0.836. The van der Waals surface area contributed by atoms with Gasteiger partial charge in [-0.05, 0) is 45.5 Å². The molecule has 1 aromatic rings. The van der Waals surface area contributed by atoms with Crippen molar-refractivity contribution in [1.29, 1.82) is 0 Å². The van der Waals surface area contributed by atoms with Gasteiger partial charge in [-0.2, -0.15) is 0 Å². The summed E-state index contributed by atoms with van der Waals surface area (Å²) in [6.45, 7) is 9.96. The molecule has 0 fully saturated rings. The van der Waals surface area contributed by atoms with Gasteiger partial charge in [0.2, 0.25) is 0 Å². The maximum Gasteiger partial charge on any atom is 0.255 e. The number of nitrogens with zero attached hydrogens (tertiary/aromatic N) is 2. The number of rotatable bonds is 5. The van der Waals surface area contributed by atoms with E-state index in [-0.39, 0.29) is 11.6 Å². The molecule has 1 N–H and O–H groups in total. The number of likely N-dealkylation sites (N-methyl/N-ethyl adjacent to an activating group) is 1. The molecule has 0 amide bonds. The summed E-state index contributed by atoms with van der Waals surface area (Å²) in [6.07, 6.45) is 2.06. The third-order valence-electron chi connectivity index (χ3n) is 3.93. The van der Waals surface area contributed by atoms with Gasteiger partial charge < -0.3 is 14.8 Å². The maximum absolute atomic E-state index is 12.7. The Hall–Kier alpha value is -1.13. The summed E-state index contributed by atoms with van der Waals surface area (Å²) in [4.78, 5) is 15.0. The molecule has 4 heteroatoms. The number of pyridine rings is 1. The molecule has 0 bridgehead atoms. The molecular weight excluding hydrogens is 250 g/mol. The van der Waals surface area contributed by atoms with Crippen LogP contribution in [0.3, 0.4) is 0 Å². The minimum absolute atomic E-state index is 0.187. The SMILES string of the molecule is CCCNCc1cc2c(n(C(C)C)c1=O)CCN(C)C2. The highest BCUT2D eigenvalue weighted by Crippen LogP contribution is 2.20. The predicted octanol–water partition coefficient (Wildman–Crippen LogP) is 1.92. The third-order valence-corrected chi connectivity index (χ3v) is 3.93. The molecule has 2 heterocycles. The first kappa shape index (κ1) is 15.3. The van der Waals surface area contributed by atoms with Gasteiger partial charge in [-0.3, -0.25) is 4.79 Å². The van der Waals surface area contributed by atoms with Crippen LogP contribution in [0.4, 0.5) is 0 Å². The van der Waals surface area contributed by atoms with E-state index < -0.39 is 0 Å². The van der Waals surface area contributed by atoms with Crippen molar-refractivity contribution in [2.75, 3.05) is 20.1 Å². The Morgan fingerprint density at radius 2 is 2.15 bits per heavy atom. The molecule has 0 spiro atoms. The van der Waals surface area contributed by atoms with E-state index in [1.807, 2.05) is 4.57 Å². The van der Waals surface area contributed by atoms with Crippen LogP contribution in [-0.4, -0.2) is 29.6 Å². The van der Waals surface area contributed by atoms with Crippen molar-refractivity contribution < 1.29 is 0 Å². The monoisotopic (exact) mass is 277 g/mol. The summed E-state index contributed by atoms with van der Waals surface area (Å²) >= 11 is 0. The molecule has 0 aromatic carbocycles. The Morgan fingerprint density at radius 3 is 2.80 bits per heavy atom. The number of fused-ring (bicyclic) bond motifs is 1. The van der Waals surface area contributed by atoms with Crippen LogP contribution in [0.5, 0.6) is 0 Å². The molecule has 4 nitrogen and oxygen atoms in total. The second-order valence-corrected chi connectivity index (χ2v) is 6.07. The average molecular weight is 277 g/mol. The number of hydrogen-bond donors (Lipinski definition) is 1. The minimum Gasteiger partial charge on any atom is -0.312 e. The molecule has 0 saturated heterocycles. The standard InChI is InChI=1S/C16H27N3O/c1-5-7-17-10-13-9-14-11-18(4)8-6-15(14)19(12(2)3)16(13)20/h9,12,17H,5-8,10-11H2,1-4H3. The molecular formula is C16H27N3O. The van der Waals surface area contributed by atoms with E-state index in [0.29, 0.717) is 6.54 Å². The van der Waals surface area contributed by atoms with E-state index in [9.17, 15) is 4.79 Å². The van der Waals surface area contributed by atoms with Gasteiger partial charge in [0.05, 0.1) is 0 Å². The fourth-order valence-electron chi connectivity index (χ4n) is 2.94. The van der Waals surface area contributed by atoms with Gasteiger partial charge in [0, 0.05) is 43.4 Å². The molecule has 0 unspecified atom stereocenters. The first-order valence-electron chi connectivity index (χ1n) is 7.70. The van der Waals surface area contributed by atoms with Crippen molar-refractivity contribution in [2.24, 2.45) is 0 Å². The van der Waals surface area contributed by atoms with Crippen molar-refractivity contribution in [3.63, 3.8) is 0 Å². The van der Waals surface area contributed by atoms with E-state index in [0.717, 1.165) is 38.0 Å². The van der Waals surface area contributed by atoms with E-state index in [1.54, 1.807) is 0 Å². The van der Waals surface area contributed by atoms with Gasteiger partial charge >= 0.3 is 0 Å². The highest BCUT2D eigenvalue weighted by molar-refractivity contribution is 5.29. The highest BCUT2D eigenvalue weighted by atomic mass is 16.1. The summed E-state index contributed by atoms with van der Waals surface area (Å²) in [5.41, 5.74) is 3.65. The van der Waals surface area contributed by atoms with Crippen molar-refractivity contribution in [3.05, 3.63) is 33.2 Å². The van der Waals surface area contributed by atoms with Crippen LogP contribution in [0.1, 0.15) is 50.1 Å². The van der Waals surface area contributed by atoms with Crippen LogP contribution >= 0.6 is 0 Å². The van der Waals surface area contributed by atoms with E-state index in [2.05, 4.69) is 44.1 Å². The summed E-state index contributed by atoms with van der Waals surface area (Å²) in [6, 6.07) is 2.35. The van der Waals surface area contributed by atoms with Gasteiger partial charge in [0.15, 0.2) is 0 Å². The van der Waals surface area contributed by atoms with Crippen molar-refractivity contribution >= 4 is 0 Å². The lowest BCUT2D eigenvalue weighted by atomic mass is 10.0. The zero-order valence-corrected chi connectivity index (χ0v) is 13.2. The lowest BCUT2D eigenvalue weighted by Crippen LogP contribution is -2.37. The topological polar surface area (TPSA) is 37.3 Å². The first-order chi connectivity index (χ1) is 9.54. The number of nitrogens with one attached hydrogen (secondary N) is 1. The van der Waals surface area contributed by atoms with E-state index in [1.165, 1.54) is 11.3 Å². The zero-order chi connectivity index (χ0) is 14.7. The molecule has 0 saturated carbocycles. The fourth-order valence-corrected chi connectivity index (χ4v) is 2.94. The van der Waals surface area contributed by atoms with Crippen LogP contribution in [0, 0.1) is 0 Å². The molecule has 20 heavy (non-hydrogen) atoms. The summed E-state index contributed by atoms with van der Waals surface area (Å²) in [5.74, 6) is 0. The zero-order valence-electron chi connectivity index (χ0n) is 13.2. The molecule has 1 aromatic heterocycles. The van der Waals surface area contributed by atoms with Gasteiger partial charge in [-0.25, -0.2) is 0 Å². The molecule has 0 radical (unpaired) electrons. The third kappa shape index (κ3) is 3.13. The molecule has 112 valence electrons. The second-order valence-electron chi connectivity index (χ2n) is 6.07. The molecule has 1 aliphatic heterocycles. The molecule has 2 rings (SSSR count). The Balaban J connectivity index is 2.41. The van der Waals surface area contributed by atoms with E-state index in [4.69, 9.17) is 0 Å². The van der Waals surface area contributed by atoms with Gasteiger partial charge in [-0.15, -0.1) is 0 Å². The molecule has 0 atom stereocenters. The average Bonchev–Trinajstić information content (AvgIpc) is 2.39. The molecule has 1 aliphatic rings. The predicted molar refractivity (Wildman–Crippen MR) is 83.1 cm³/mol. The summed E-state index contributed by atoms with van der Waals surface area (Å²) < 4.78 is 2.01. The van der Waals surface area contributed by atoms with Gasteiger partial charge in [0.25, 0.3) is 5.56 Å². The van der Waals surface area contributed by atoms with Crippen LogP contribution in [0.25, 0.3) is 0 Å². The lowest BCUT2D eigenvalue weighted by Gasteiger charge is -2.29. The summed E-state index contributed by atoms with van der Waals surface area (Å²) in [5, 5.41) is 3.35. The smallest absolute Gasteiger partial charge is 0.255 e. The van der Waals surface area contributed by atoms with Crippen molar-refractivity contribution in [3.8, 4) is 0 Å². The van der Waals surface area contributed by atoms with Crippen molar-refractivity contribution in [1.82, 2.24) is 14.8 Å². The number of aromatic nitrogens is 1. The lowest BCUT2D eigenvalue weighted by molar-refractivity contribution is 0.301.